The Morgan fingerprint density at radius 3 is 2.85 bits per heavy atom. The highest BCUT2D eigenvalue weighted by atomic mass is 16.5. The SMILES string of the molecule is CN1CCCc2cc([C@H](CNC(=O)c3ccco3)N3CCOCC3)ccc21. The molecule has 6 heteroatoms. The van der Waals surface area contributed by atoms with Gasteiger partial charge in [-0.2, -0.15) is 0 Å². The van der Waals surface area contributed by atoms with Crippen LogP contribution >= 0.6 is 0 Å². The summed E-state index contributed by atoms with van der Waals surface area (Å²) in [7, 11) is 2.15. The maximum atomic E-state index is 12.3. The van der Waals surface area contributed by atoms with E-state index in [0.29, 0.717) is 12.3 Å². The molecule has 1 fully saturated rings. The normalized spacial score (nSPS) is 18.8. The van der Waals surface area contributed by atoms with Crippen molar-refractivity contribution in [3.05, 3.63) is 53.5 Å². The summed E-state index contributed by atoms with van der Waals surface area (Å²) in [5, 5.41) is 3.04. The number of anilines is 1. The first-order chi connectivity index (χ1) is 13.2. The van der Waals surface area contributed by atoms with Crippen LogP contribution in [-0.4, -0.2) is 57.2 Å². The molecule has 1 saturated heterocycles. The van der Waals surface area contributed by atoms with E-state index in [9.17, 15) is 4.79 Å². The molecule has 1 aromatic carbocycles. The van der Waals surface area contributed by atoms with Crippen LogP contribution in [0, 0.1) is 0 Å². The molecule has 1 atom stereocenters. The van der Waals surface area contributed by atoms with Crippen LogP contribution in [0.3, 0.4) is 0 Å². The predicted octanol–water partition coefficient (Wildman–Crippen LogP) is 2.47. The van der Waals surface area contributed by atoms with Crippen molar-refractivity contribution in [3.63, 3.8) is 0 Å². The maximum absolute atomic E-state index is 12.3. The zero-order valence-corrected chi connectivity index (χ0v) is 15.8. The third-order valence-electron chi connectivity index (χ3n) is 5.53. The number of carbonyl (C=O) groups is 1. The highest BCUT2D eigenvalue weighted by molar-refractivity contribution is 5.91. The second kappa shape index (κ2) is 8.15. The average Bonchev–Trinajstić information content (AvgIpc) is 3.24. The monoisotopic (exact) mass is 369 g/mol. The number of rotatable bonds is 5. The van der Waals surface area contributed by atoms with Crippen LogP contribution in [0.25, 0.3) is 0 Å². The lowest BCUT2D eigenvalue weighted by Crippen LogP contribution is -2.43. The van der Waals surface area contributed by atoms with E-state index in [1.165, 1.54) is 29.5 Å². The number of morpholine rings is 1. The Morgan fingerprint density at radius 1 is 1.22 bits per heavy atom. The van der Waals surface area contributed by atoms with Crippen LogP contribution in [0.2, 0.25) is 0 Å². The van der Waals surface area contributed by atoms with Crippen LogP contribution in [0.1, 0.15) is 34.1 Å². The Balaban J connectivity index is 1.55. The van der Waals surface area contributed by atoms with Gasteiger partial charge in [-0.15, -0.1) is 0 Å². The first-order valence-electron chi connectivity index (χ1n) is 9.70. The van der Waals surface area contributed by atoms with Gasteiger partial charge in [0.15, 0.2) is 5.76 Å². The summed E-state index contributed by atoms with van der Waals surface area (Å²) in [6, 6.07) is 10.3. The quantitative estimate of drug-likeness (QED) is 0.877. The van der Waals surface area contributed by atoms with Crippen LogP contribution in [0.15, 0.2) is 41.0 Å². The second-order valence-corrected chi connectivity index (χ2v) is 7.26. The van der Waals surface area contributed by atoms with E-state index in [1.807, 2.05) is 0 Å². The van der Waals surface area contributed by atoms with E-state index in [2.05, 4.69) is 40.4 Å². The molecule has 144 valence electrons. The number of carbonyl (C=O) groups excluding carboxylic acids is 1. The number of aryl methyl sites for hydroxylation is 1. The molecule has 0 unspecified atom stereocenters. The molecule has 6 nitrogen and oxygen atoms in total. The van der Waals surface area contributed by atoms with Crippen molar-refractivity contribution in [1.82, 2.24) is 10.2 Å². The molecule has 0 bridgehead atoms. The average molecular weight is 369 g/mol. The Hall–Kier alpha value is -2.31. The van der Waals surface area contributed by atoms with E-state index in [-0.39, 0.29) is 11.9 Å². The van der Waals surface area contributed by atoms with Crippen molar-refractivity contribution in [2.75, 3.05) is 51.3 Å². The Labute approximate surface area is 160 Å². The molecule has 3 heterocycles. The molecule has 4 rings (SSSR count). The van der Waals surface area contributed by atoms with E-state index in [4.69, 9.17) is 9.15 Å². The van der Waals surface area contributed by atoms with Crippen molar-refractivity contribution < 1.29 is 13.9 Å². The number of furan rings is 1. The predicted molar refractivity (Wildman–Crippen MR) is 104 cm³/mol. The zero-order chi connectivity index (χ0) is 18.6. The lowest BCUT2D eigenvalue weighted by Gasteiger charge is -2.36. The van der Waals surface area contributed by atoms with Crippen molar-refractivity contribution in [1.29, 1.82) is 0 Å². The number of benzene rings is 1. The molecule has 0 radical (unpaired) electrons. The number of amides is 1. The Morgan fingerprint density at radius 2 is 2.07 bits per heavy atom. The van der Waals surface area contributed by atoms with Gasteiger partial charge in [0.05, 0.1) is 25.5 Å². The zero-order valence-electron chi connectivity index (χ0n) is 15.8. The standard InChI is InChI=1S/C21H27N3O3/c1-23-8-2-4-16-14-17(6-7-18(16)23)19(24-9-12-26-13-10-24)15-22-21(25)20-5-3-11-27-20/h3,5-7,11,14,19H,2,4,8-10,12-13,15H2,1H3,(H,22,25)/t19-/m0/s1. The number of nitrogens with one attached hydrogen (secondary N) is 1. The molecule has 1 aromatic heterocycles. The van der Waals surface area contributed by atoms with Gasteiger partial charge in [0.25, 0.3) is 5.91 Å². The molecule has 0 saturated carbocycles. The van der Waals surface area contributed by atoms with E-state index in [1.54, 1.807) is 12.1 Å². The van der Waals surface area contributed by atoms with Gasteiger partial charge >= 0.3 is 0 Å². The molecule has 0 spiro atoms. The molecule has 2 aliphatic heterocycles. The third-order valence-corrected chi connectivity index (χ3v) is 5.53. The van der Waals surface area contributed by atoms with Gasteiger partial charge in [-0.3, -0.25) is 9.69 Å². The number of fused-ring (bicyclic) bond motifs is 1. The molecule has 1 N–H and O–H groups in total. The minimum atomic E-state index is -0.170. The topological polar surface area (TPSA) is 58.0 Å². The highest BCUT2D eigenvalue weighted by Crippen LogP contribution is 2.31. The van der Waals surface area contributed by atoms with Crippen molar-refractivity contribution >= 4 is 11.6 Å². The van der Waals surface area contributed by atoms with Crippen LogP contribution in [0.4, 0.5) is 5.69 Å². The molecule has 2 aliphatic rings. The van der Waals surface area contributed by atoms with Crippen molar-refractivity contribution in [2.24, 2.45) is 0 Å². The molecule has 27 heavy (non-hydrogen) atoms. The molecular formula is C21H27N3O3. The Kier molecular flexibility index (Phi) is 5.45. The third kappa shape index (κ3) is 4.01. The van der Waals surface area contributed by atoms with E-state index >= 15 is 0 Å². The molecule has 1 amide bonds. The van der Waals surface area contributed by atoms with Crippen molar-refractivity contribution in [2.45, 2.75) is 18.9 Å². The highest BCUT2D eigenvalue weighted by Gasteiger charge is 2.25. The van der Waals surface area contributed by atoms with E-state index < -0.39 is 0 Å². The van der Waals surface area contributed by atoms with Crippen LogP contribution < -0.4 is 10.2 Å². The number of nitrogens with zero attached hydrogens (tertiary/aromatic N) is 2. The summed E-state index contributed by atoms with van der Waals surface area (Å²) in [6.45, 7) is 4.87. The maximum Gasteiger partial charge on any atom is 0.287 e. The molecular weight excluding hydrogens is 342 g/mol. The smallest absolute Gasteiger partial charge is 0.287 e. The lowest BCUT2D eigenvalue weighted by molar-refractivity contribution is 0.0161. The Bertz CT molecular complexity index is 769. The van der Waals surface area contributed by atoms with Crippen LogP contribution in [0.5, 0.6) is 0 Å². The van der Waals surface area contributed by atoms with Gasteiger partial charge in [0, 0.05) is 38.9 Å². The van der Waals surface area contributed by atoms with E-state index in [0.717, 1.165) is 39.3 Å². The summed E-state index contributed by atoms with van der Waals surface area (Å²) < 4.78 is 10.7. The fourth-order valence-corrected chi connectivity index (χ4v) is 4.04. The second-order valence-electron chi connectivity index (χ2n) is 7.26. The van der Waals surface area contributed by atoms with Crippen LogP contribution in [-0.2, 0) is 11.2 Å². The first kappa shape index (κ1) is 18.1. The minimum Gasteiger partial charge on any atom is -0.459 e. The minimum absolute atomic E-state index is 0.130. The summed E-state index contributed by atoms with van der Waals surface area (Å²) in [4.78, 5) is 17.1. The number of hydrogen-bond acceptors (Lipinski definition) is 5. The molecule has 2 aromatic rings. The van der Waals surface area contributed by atoms with Crippen molar-refractivity contribution in [3.8, 4) is 0 Å². The summed E-state index contributed by atoms with van der Waals surface area (Å²) in [5.41, 5.74) is 3.98. The lowest BCUT2D eigenvalue weighted by atomic mass is 9.95. The number of hydrogen-bond donors (Lipinski definition) is 1. The summed E-state index contributed by atoms with van der Waals surface area (Å²) >= 11 is 0. The van der Waals surface area contributed by atoms with Gasteiger partial charge in [-0.25, -0.2) is 0 Å². The van der Waals surface area contributed by atoms with Gasteiger partial charge in [-0.1, -0.05) is 12.1 Å². The molecule has 0 aliphatic carbocycles. The fourth-order valence-electron chi connectivity index (χ4n) is 4.04. The van der Waals surface area contributed by atoms with Gasteiger partial charge in [0.1, 0.15) is 0 Å². The summed E-state index contributed by atoms with van der Waals surface area (Å²) in [5.74, 6) is 0.179. The number of ether oxygens (including phenoxy) is 1. The largest absolute Gasteiger partial charge is 0.459 e. The van der Waals surface area contributed by atoms with Gasteiger partial charge < -0.3 is 19.4 Å². The summed E-state index contributed by atoms with van der Waals surface area (Å²) in [6.07, 6.45) is 3.82. The van der Waals surface area contributed by atoms with Gasteiger partial charge in [-0.05, 0) is 42.2 Å². The van der Waals surface area contributed by atoms with Gasteiger partial charge in [0.2, 0.25) is 0 Å². The fraction of sp³-hybridized carbons (Fsp3) is 0.476. The first-order valence-corrected chi connectivity index (χ1v) is 9.70.